The second kappa shape index (κ2) is 26.0. The number of amides is 5. The van der Waals surface area contributed by atoms with Crippen LogP contribution in [0.15, 0.2) is 129 Å². The summed E-state index contributed by atoms with van der Waals surface area (Å²) in [6, 6.07) is 25.7. The van der Waals surface area contributed by atoms with E-state index >= 15 is 4.39 Å². The number of rotatable bonds is 19. The Morgan fingerprint density at radius 3 is 2.11 bits per heavy atom. The maximum absolute atomic E-state index is 15.8. The van der Waals surface area contributed by atoms with Gasteiger partial charge in [-0.15, -0.1) is 11.8 Å². The third kappa shape index (κ3) is 14.3. The van der Waals surface area contributed by atoms with Gasteiger partial charge in [0, 0.05) is 116 Å². The summed E-state index contributed by atoms with van der Waals surface area (Å²) in [5, 5.41) is 5.84. The Bertz CT molecular complexity index is 3760. The van der Waals surface area contributed by atoms with Crippen molar-refractivity contribution in [3.8, 4) is 0 Å². The fourth-order valence-corrected chi connectivity index (χ4v) is 15.6. The minimum atomic E-state index is -6.20. The average Bonchev–Trinajstić information content (AvgIpc) is 1.79. The fraction of sp³-hybridized carbons (Fsp3) is 0.413. The highest BCUT2D eigenvalue weighted by Crippen LogP contribution is 2.43. The van der Waals surface area contributed by atoms with E-state index in [0.29, 0.717) is 43.8 Å². The van der Waals surface area contributed by atoms with Crippen LogP contribution in [0.3, 0.4) is 0 Å². The summed E-state index contributed by atoms with van der Waals surface area (Å²) in [4.78, 5) is 73.0. The topological polar surface area (TPSA) is 206 Å². The number of piperidine rings is 1. The molecule has 4 atom stereocenters. The lowest BCUT2D eigenvalue weighted by atomic mass is 9.73. The number of halogens is 5. The number of fused-ring (bicyclic) bond motifs is 1. The van der Waals surface area contributed by atoms with Gasteiger partial charge in [0.2, 0.25) is 11.8 Å². The van der Waals surface area contributed by atoms with Crippen molar-refractivity contribution in [2.75, 3.05) is 68.3 Å². The van der Waals surface area contributed by atoms with E-state index in [9.17, 15) is 54.0 Å². The first-order valence-electron chi connectivity index (χ1n) is 29.2. The normalized spacial score (nSPS) is 21.1. The first-order valence-corrected chi connectivity index (χ1v) is 33.5. The quantitative estimate of drug-likeness (QED) is 0.0400. The van der Waals surface area contributed by atoms with Gasteiger partial charge in [-0.3, -0.25) is 44.0 Å². The number of anilines is 2. The number of thioether (sulfide) groups is 1. The fourth-order valence-electron chi connectivity index (χ4n) is 12.5. The van der Waals surface area contributed by atoms with Gasteiger partial charge in [0.05, 0.1) is 21.7 Å². The van der Waals surface area contributed by atoms with Gasteiger partial charge < -0.3 is 15.1 Å². The lowest BCUT2D eigenvalue weighted by Crippen LogP contribution is -2.56. The van der Waals surface area contributed by atoms with Crippen molar-refractivity contribution in [1.29, 1.82) is 0 Å². The van der Waals surface area contributed by atoms with Gasteiger partial charge in [0.15, 0.2) is 0 Å². The Morgan fingerprint density at radius 1 is 0.807 bits per heavy atom. The lowest BCUT2D eigenvalue weighted by molar-refractivity contribution is -0.136. The molecular weight excluding hydrogens is 1220 g/mol. The summed E-state index contributed by atoms with van der Waals surface area (Å²) >= 11 is 7.58. The van der Waals surface area contributed by atoms with Crippen molar-refractivity contribution >= 4 is 89.7 Å². The molecule has 1 aliphatic carbocycles. The van der Waals surface area contributed by atoms with Crippen LogP contribution < -0.4 is 20.3 Å². The van der Waals surface area contributed by atoms with E-state index < -0.39 is 88.3 Å². The third-order valence-electron chi connectivity index (χ3n) is 17.2. The Labute approximate surface area is 519 Å². The number of carbonyl (C=O) groups excluding carboxylic acids is 5. The SMILES string of the molecule is CC1CN(CC[C@H](CSc2ccccc2)Nc2ccc(S(=O)(=O)NC(=O)c3ccc(N4CCN(CC5=C(c6ccc(Cl)cc6)CCC(C)(C)C5)CC4)cc3)cc2S(=O)(=O)C(F)(F)F)CC(C)N1Cc1cc2c(cc1F)C(=O)N(C1CCC(=O)NC1=O)C2=O. The molecule has 468 valence electrons. The number of sulfonamides is 1. The van der Waals surface area contributed by atoms with Crippen LogP contribution in [0.2, 0.25) is 5.02 Å². The van der Waals surface area contributed by atoms with Gasteiger partial charge in [-0.25, -0.2) is 25.9 Å². The number of nitrogens with zero attached hydrogens (tertiary/aromatic N) is 5. The lowest BCUT2D eigenvalue weighted by Gasteiger charge is -2.45. The second-order valence-electron chi connectivity index (χ2n) is 24.1. The van der Waals surface area contributed by atoms with Crippen LogP contribution in [0.5, 0.6) is 0 Å². The molecule has 0 saturated carbocycles. The summed E-state index contributed by atoms with van der Waals surface area (Å²) in [7, 11) is -11.2. The zero-order valence-corrected chi connectivity index (χ0v) is 52.2. The van der Waals surface area contributed by atoms with Crippen LogP contribution in [-0.4, -0.2) is 154 Å². The Kier molecular flexibility index (Phi) is 19.0. The number of piperazine rings is 2. The second-order valence-corrected chi connectivity index (χ2v) is 29.2. The van der Waals surface area contributed by atoms with Crippen LogP contribution in [0.1, 0.15) is 108 Å². The number of alkyl halides is 3. The van der Waals surface area contributed by atoms with E-state index in [1.54, 1.807) is 12.1 Å². The maximum atomic E-state index is 15.8. The zero-order valence-electron chi connectivity index (χ0n) is 49.0. The molecule has 3 saturated heterocycles. The van der Waals surface area contributed by atoms with Crippen molar-refractivity contribution in [3.05, 3.63) is 153 Å². The van der Waals surface area contributed by atoms with Crippen LogP contribution in [0, 0.1) is 11.2 Å². The highest BCUT2D eigenvalue weighted by atomic mass is 35.5. The highest BCUT2D eigenvalue weighted by molar-refractivity contribution is 7.99. The predicted molar refractivity (Wildman–Crippen MR) is 329 cm³/mol. The molecule has 3 N–H and O–H groups in total. The van der Waals surface area contributed by atoms with Crippen molar-refractivity contribution in [3.63, 3.8) is 0 Å². The van der Waals surface area contributed by atoms with Gasteiger partial charge in [0.25, 0.3) is 37.6 Å². The van der Waals surface area contributed by atoms with Gasteiger partial charge >= 0.3 is 5.51 Å². The van der Waals surface area contributed by atoms with Gasteiger partial charge in [0.1, 0.15) is 16.8 Å². The molecule has 5 aliphatic rings. The third-order valence-corrected chi connectivity index (χ3v) is 21.5. The van der Waals surface area contributed by atoms with E-state index in [-0.39, 0.29) is 71.3 Å². The monoisotopic (exact) mass is 1290 g/mol. The molecular formula is C63H69ClF4N8O9S3. The molecule has 0 spiro atoms. The average molecular weight is 1290 g/mol. The van der Waals surface area contributed by atoms with E-state index in [1.807, 2.05) is 65.9 Å². The molecule has 0 bridgehead atoms. The summed E-state index contributed by atoms with van der Waals surface area (Å²) in [6.45, 7) is 13.5. The van der Waals surface area contributed by atoms with E-state index in [4.69, 9.17) is 11.6 Å². The molecule has 10 rings (SSSR count). The number of hydrogen-bond acceptors (Lipinski definition) is 15. The number of allylic oxidation sites excluding steroid dienone is 1. The highest BCUT2D eigenvalue weighted by Gasteiger charge is 2.49. The molecule has 88 heavy (non-hydrogen) atoms. The largest absolute Gasteiger partial charge is 0.501 e. The summed E-state index contributed by atoms with van der Waals surface area (Å²) in [6.07, 6.45) is 3.21. The molecule has 5 amide bonds. The molecule has 3 unspecified atom stereocenters. The molecule has 25 heteroatoms. The van der Waals surface area contributed by atoms with Crippen LogP contribution in [0.4, 0.5) is 28.9 Å². The maximum Gasteiger partial charge on any atom is 0.501 e. The van der Waals surface area contributed by atoms with Crippen molar-refractivity contribution in [1.82, 2.24) is 29.6 Å². The number of benzene rings is 5. The molecule has 4 heterocycles. The van der Waals surface area contributed by atoms with Gasteiger partial charge in [-0.1, -0.05) is 61.4 Å². The zero-order chi connectivity index (χ0) is 63.0. The summed E-state index contributed by atoms with van der Waals surface area (Å²) in [5.41, 5.74) is -1.51. The number of sulfone groups is 1. The molecule has 4 aliphatic heterocycles. The minimum absolute atomic E-state index is 0.0519. The number of imide groups is 2. The first-order chi connectivity index (χ1) is 41.6. The number of carbonyl (C=O) groups is 5. The summed E-state index contributed by atoms with van der Waals surface area (Å²) < 4.78 is 116. The van der Waals surface area contributed by atoms with Crippen LogP contribution >= 0.6 is 23.4 Å². The number of nitrogens with one attached hydrogen (secondary N) is 3. The van der Waals surface area contributed by atoms with Gasteiger partial charge in [-0.2, -0.15) is 13.2 Å². The molecule has 5 aromatic rings. The van der Waals surface area contributed by atoms with E-state index in [1.165, 1.54) is 46.7 Å². The summed E-state index contributed by atoms with van der Waals surface area (Å²) in [5.74, 6) is -4.47. The Morgan fingerprint density at radius 2 is 1.47 bits per heavy atom. The predicted octanol–water partition coefficient (Wildman–Crippen LogP) is 9.64. The Hall–Kier alpha value is -6.67. The molecule has 5 aromatic carbocycles. The molecule has 0 radical (unpaired) electrons. The molecule has 0 aromatic heterocycles. The van der Waals surface area contributed by atoms with Crippen molar-refractivity contribution < 1.29 is 58.4 Å². The molecule has 17 nitrogen and oxygen atoms in total. The standard InChI is InChI=1S/C63H69ClF4N8O9S3/c1-39-34-73(35-40(2)75(39)37-43-30-51-52(32-53(43)65)61(81)76(60(51)80)55-20-21-57(77)70-59(55)79)25-23-46(38-86-48-8-6-5-7-9-48)69-54-19-18-49(31-56(54)87(82,83)63(66,67)68)88(84,85)71-58(78)42-12-16-47(17-13-42)74-28-26-72(27-29-74)36-44-33-62(3,4)24-22-50(44)41-10-14-45(64)15-11-41/h5-19,30-32,39-40,46,55,69H,20-29,33-38H2,1-4H3,(H,71,78)(H,70,77,79)/t39?,40?,46-,55?/m1/s1. The van der Waals surface area contributed by atoms with Crippen molar-refractivity contribution in [2.45, 2.75) is 117 Å². The smallest absolute Gasteiger partial charge is 0.380 e. The van der Waals surface area contributed by atoms with Crippen LogP contribution in [-0.2, 0) is 36.0 Å². The van der Waals surface area contributed by atoms with E-state index in [2.05, 4.69) is 51.3 Å². The minimum Gasteiger partial charge on any atom is -0.380 e. The Balaban J connectivity index is 0.791. The first kappa shape index (κ1) is 64.3. The van der Waals surface area contributed by atoms with E-state index in [0.717, 1.165) is 72.6 Å². The van der Waals surface area contributed by atoms with Crippen molar-refractivity contribution in [2.24, 2.45) is 5.41 Å². The van der Waals surface area contributed by atoms with Gasteiger partial charge in [-0.05, 0) is 141 Å². The number of hydrogen-bond donors (Lipinski definition) is 3. The van der Waals surface area contributed by atoms with Crippen LogP contribution in [0.25, 0.3) is 5.57 Å². The molecule has 3 fully saturated rings.